The molecular formula is C19H21NO2S. The van der Waals surface area contributed by atoms with Crippen LogP contribution in [0.4, 0.5) is 5.69 Å². The van der Waals surface area contributed by atoms with Crippen LogP contribution in [0.5, 0.6) is 0 Å². The van der Waals surface area contributed by atoms with Crippen LogP contribution in [0, 0.1) is 13.8 Å². The van der Waals surface area contributed by atoms with Crippen LogP contribution in [0.15, 0.2) is 47.4 Å². The molecular weight excluding hydrogens is 306 g/mol. The van der Waals surface area contributed by atoms with Crippen LogP contribution >= 0.6 is 11.8 Å². The van der Waals surface area contributed by atoms with Gasteiger partial charge in [0.05, 0.1) is 5.25 Å². The number of carbonyl (C=O) groups excluding carboxylic acids is 2. The number of carbonyl (C=O) groups is 2. The lowest BCUT2D eigenvalue weighted by Gasteiger charge is -2.14. The van der Waals surface area contributed by atoms with Crippen molar-refractivity contribution in [3.8, 4) is 0 Å². The number of nitrogens with one attached hydrogen (secondary N) is 1. The first-order valence-electron chi connectivity index (χ1n) is 7.52. The van der Waals surface area contributed by atoms with Gasteiger partial charge >= 0.3 is 0 Å². The predicted molar refractivity (Wildman–Crippen MR) is 96.3 cm³/mol. The van der Waals surface area contributed by atoms with Gasteiger partial charge in [-0.05, 0) is 51.5 Å². The molecule has 0 bridgehead atoms. The average molecular weight is 327 g/mol. The molecule has 0 aliphatic carbocycles. The maximum atomic E-state index is 12.4. The number of rotatable bonds is 5. The molecule has 2 aromatic carbocycles. The number of thioether (sulfide) groups is 1. The topological polar surface area (TPSA) is 46.2 Å². The van der Waals surface area contributed by atoms with E-state index in [2.05, 4.69) is 37.4 Å². The molecule has 23 heavy (non-hydrogen) atoms. The first-order chi connectivity index (χ1) is 10.9. The van der Waals surface area contributed by atoms with Crippen molar-refractivity contribution >= 4 is 29.1 Å². The second kappa shape index (κ2) is 7.47. The van der Waals surface area contributed by atoms with Crippen LogP contribution in [0.3, 0.4) is 0 Å². The third-order valence-electron chi connectivity index (χ3n) is 3.54. The summed E-state index contributed by atoms with van der Waals surface area (Å²) in [5, 5.41) is 2.65. The van der Waals surface area contributed by atoms with Gasteiger partial charge in [-0.2, -0.15) is 0 Å². The summed E-state index contributed by atoms with van der Waals surface area (Å²) in [7, 11) is 0. The summed E-state index contributed by atoms with van der Waals surface area (Å²) in [6.07, 6.45) is 0. The van der Waals surface area contributed by atoms with Crippen LogP contribution in [0.25, 0.3) is 0 Å². The Morgan fingerprint density at radius 1 is 1.09 bits per heavy atom. The Hall–Kier alpha value is -2.07. The van der Waals surface area contributed by atoms with Gasteiger partial charge in [0.15, 0.2) is 5.78 Å². The van der Waals surface area contributed by atoms with Gasteiger partial charge in [0.25, 0.3) is 0 Å². The van der Waals surface area contributed by atoms with Crippen LogP contribution in [-0.2, 0) is 4.79 Å². The van der Waals surface area contributed by atoms with Crippen molar-refractivity contribution in [1.82, 2.24) is 0 Å². The number of aryl methyl sites for hydroxylation is 2. The Morgan fingerprint density at radius 2 is 1.83 bits per heavy atom. The quantitative estimate of drug-likeness (QED) is 0.643. The molecule has 2 aromatic rings. The highest BCUT2D eigenvalue weighted by molar-refractivity contribution is 8.00. The third-order valence-corrected chi connectivity index (χ3v) is 4.82. The number of hydrogen-bond donors (Lipinski definition) is 1. The van der Waals surface area contributed by atoms with Crippen molar-refractivity contribution in [2.75, 3.05) is 5.32 Å². The zero-order chi connectivity index (χ0) is 17.0. The van der Waals surface area contributed by atoms with Gasteiger partial charge in [-0.1, -0.05) is 29.8 Å². The van der Waals surface area contributed by atoms with Crippen LogP contribution < -0.4 is 5.32 Å². The van der Waals surface area contributed by atoms with Gasteiger partial charge in [0, 0.05) is 16.1 Å². The van der Waals surface area contributed by atoms with Gasteiger partial charge in [0.2, 0.25) is 5.91 Å². The lowest BCUT2D eigenvalue weighted by Crippen LogP contribution is -2.22. The van der Waals surface area contributed by atoms with E-state index in [0.29, 0.717) is 11.3 Å². The van der Waals surface area contributed by atoms with Crippen molar-refractivity contribution in [3.05, 3.63) is 59.2 Å². The van der Waals surface area contributed by atoms with Crippen LogP contribution in [0.1, 0.15) is 35.3 Å². The SMILES string of the molecule is CC(=O)c1cccc(NC(=O)C(C)Sc2ccc(C)cc2C)c1. The molecule has 0 aromatic heterocycles. The van der Waals surface area contributed by atoms with Gasteiger partial charge < -0.3 is 5.32 Å². The largest absolute Gasteiger partial charge is 0.325 e. The second-order valence-electron chi connectivity index (χ2n) is 5.66. The van der Waals surface area contributed by atoms with E-state index in [1.54, 1.807) is 24.3 Å². The van der Waals surface area contributed by atoms with Crippen molar-refractivity contribution in [1.29, 1.82) is 0 Å². The minimum atomic E-state index is -0.225. The third kappa shape index (κ3) is 4.70. The molecule has 0 spiro atoms. The Kier molecular flexibility index (Phi) is 5.61. The van der Waals surface area contributed by atoms with Crippen LogP contribution in [-0.4, -0.2) is 16.9 Å². The molecule has 1 atom stereocenters. The van der Waals surface area contributed by atoms with E-state index in [4.69, 9.17) is 0 Å². The standard InChI is InChI=1S/C19H21NO2S/c1-12-8-9-18(13(2)10-12)23-15(4)19(22)20-17-7-5-6-16(11-17)14(3)21/h5-11,15H,1-4H3,(H,20,22). The first kappa shape index (κ1) is 17.3. The second-order valence-corrected chi connectivity index (χ2v) is 7.04. The molecule has 2 rings (SSSR count). The smallest absolute Gasteiger partial charge is 0.237 e. The number of anilines is 1. The monoisotopic (exact) mass is 327 g/mol. The molecule has 0 aliphatic rings. The normalized spacial score (nSPS) is 11.8. The molecule has 3 nitrogen and oxygen atoms in total. The highest BCUT2D eigenvalue weighted by Gasteiger charge is 2.16. The minimum Gasteiger partial charge on any atom is -0.325 e. The average Bonchev–Trinajstić information content (AvgIpc) is 2.50. The van der Waals surface area contributed by atoms with Gasteiger partial charge in [-0.15, -0.1) is 11.8 Å². The van der Waals surface area contributed by atoms with Gasteiger partial charge in [0.1, 0.15) is 0 Å². The summed E-state index contributed by atoms with van der Waals surface area (Å²) >= 11 is 1.54. The summed E-state index contributed by atoms with van der Waals surface area (Å²) in [6.45, 7) is 7.50. The molecule has 0 radical (unpaired) electrons. The molecule has 4 heteroatoms. The summed E-state index contributed by atoms with van der Waals surface area (Å²) in [4.78, 5) is 24.9. The fourth-order valence-electron chi connectivity index (χ4n) is 2.24. The number of Topliss-reactive ketones (excluding diaryl/α,β-unsaturated/α-hetero) is 1. The van der Waals surface area contributed by atoms with E-state index in [1.807, 2.05) is 6.92 Å². The van der Waals surface area contributed by atoms with Crippen molar-refractivity contribution in [3.63, 3.8) is 0 Å². The minimum absolute atomic E-state index is 0.0150. The lowest BCUT2D eigenvalue weighted by molar-refractivity contribution is -0.115. The van der Waals surface area contributed by atoms with E-state index < -0.39 is 0 Å². The van der Waals surface area contributed by atoms with Gasteiger partial charge in [-0.25, -0.2) is 0 Å². The molecule has 1 unspecified atom stereocenters. The molecule has 0 aliphatic heterocycles. The number of amides is 1. The summed E-state index contributed by atoms with van der Waals surface area (Å²) in [5.74, 6) is -0.0884. The van der Waals surface area contributed by atoms with E-state index in [9.17, 15) is 9.59 Å². The van der Waals surface area contributed by atoms with Crippen molar-refractivity contribution in [2.24, 2.45) is 0 Å². The molecule has 0 fully saturated rings. The van der Waals surface area contributed by atoms with E-state index in [-0.39, 0.29) is 16.9 Å². The molecule has 1 N–H and O–H groups in total. The zero-order valence-corrected chi connectivity index (χ0v) is 14.7. The lowest BCUT2D eigenvalue weighted by atomic mass is 10.1. The molecule has 0 saturated carbocycles. The zero-order valence-electron chi connectivity index (χ0n) is 13.8. The molecule has 120 valence electrons. The summed E-state index contributed by atoms with van der Waals surface area (Å²) < 4.78 is 0. The summed E-state index contributed by atoms with van der Waals surface area (Å²) in [6, 6.07) is 13.2. The van der Waals surface area contributed by atoms with Gasteiger partial charge in [-0.3, -0.25) is 9.59 Å². The highest BCUT2D eigenvalue weighted by atomic mass is 32.2. The Bertz CT molecular complexity index is 740. The number of hydrogen-bond acceptors (Lipinski definition) is 3. The fourth-order valence-corrected chi connectivity index (χ4v) is 3.17. The summed E-state index contributed by atoms with van der Waals surface area (Å²) in [5.41, 5.74) is 3.63. The molecule has 0 heterocycles. The highest BCUT2D eigenvalue weighted by Crippen LogP contribution is 2.28. The maximum Gasteiger partial charge on any atom is 0.237 e. The van der Waals surface area contributed by atoms with Crippen molar-refractivity contribution < 1.29 is 9.59 Å². The Balaban J connectivity index is 2.05. The molecule has 0 saturated heterocycles. The maximum absolute atomic E-state index is 12.4. The number of ketones is 1. The van der Waals surface area contributed by atoms with E-state index in [1.165, 1.54) is 29.8 Å². The fraction of sp³-hybridized carbons (Fsp3) is 0.263. The predicted octanol–water partition coefficient (Wildman–Crippen LogP) is 4.63. The number of benzene rings is 2. The first-order valence-corrected chi connectivity index (χ1v) is 8.40. The van der Waals surface area contributed by atoms with Crippen molar-refractivity contribution in [2.45, 2.75) is 37.8 Å². The Morgan fingerprint density at radius 3 is 2.48 bits per heavy atom. The molecule has 1 amide bonds. The van der Waals surface area contributed by atoms with E-state index in [0.717, 1.165) is 4.90 Å². The van der Waals surface area contributed by atoms with Crippen LogP contribution in [0.2, 0.25) is 0 Å². The Labute approximate surface area is 141 Å². The van der Waals surface area contributed by atoms with E-state index >= 15 is 0 Å².